The van der Waals surface area contributed by atoms with Crippen molar-refractivity contribution in [2.75, 3.05) is 13.1 Å². The maximum atomic E-state index is 12.5. The third-order valence-electron chi connectivity index (χ3n) is 3.88. The Hall–Kier alpha value is -0.640. The summed E-state index contributed by atoms with van der Waals surface area (Å²) in [6.07, 6.45) is 7.05. The van der Waals surface area contributed by atoms with Crippen LogP contribution in [0.4, 0.5) is 0 Å². The molecule has 0 aromatic carbocycles. The zero-order valence-electron chi connectivity index (χ0n) is 11.7. The van der Waals surface area contributed by atoms with E-state index < -0.39 is 0 Å². The molecule has 0 radical (unpaired) electrons. The zero-order valence-corrected chi connectivity index (χ0v) is 12.5. The number of rotatable bonds is 5. The number of nitrogens with zero attached hydrogens (tertiary/aromatic N) is 1. The van der Waals surface area contributed by atoms with Gasteiger partial charge in [-0.05, 0) is 19.8 Å². The van der Waals surface area contributed by atoms with E-state index >= 15 is 0 Å². The van der Waals surface area contributed by atoms with Crippen LogP contribution in [0, 0.1) is 11.8 Å². The van der Waals surface area contributed by atoms with E-state index in [0.717, 1.165) is 19.4 Å². The summed E-state index contributed by atoms with van der Waals surface area (Å²) in [5.74, 6) is 0.642. The van der Waals surface area contributed by atoms with Crippen LogP contribution in [0.25, 0.3) is 0 Å². The van der Waals surface area contributed by atoms with Gasteiger partial charge < -0.3 is 10.6 Å². The lowest BCUT2D eigenvalue weighted by molar-refractivity contribution is -0.136. The summed E-state index contributed by atoms with van der Waals surface area (Å²) < 4.78 is 0. The lowest BCUT2D eigenvalue weighted by atomic mass is 9.98. The first kappa shape index (κ1) is 15.4. The number of hydrogen-bond donors (Lipinski definition) is 1. The van der Waals surface area contributed by atoms with Crippen molar-refractivity contribution in [1.29, 1.82) is 0 Å². The van der Waals surface area contributed by atoms with Gasteiger partial charge in [-0.1, -0.05) is 44.8 Å². The maximum Gasteiger partial charge on any atom is 0.225 e. The second kappa shape index (κ2) is 7.72. The van der Waals surface area contributed by atoms with Crippen LogP contribution < -0.4 is 5.73 Å². The highest BCUT2D eigenvalue weighted by Gasteiger charge is 2.25. The van der Waals surface area contributed by atoms with Crippen LogP contribution in [0.15, 0.2) is 0 Å². The molecule has 4 heteroatoms. The molecule has 0 spiro atoms. The summed E-state index contributed by atoms with van der Waals surface area (Å²) in [7, 11) is 0. The summed E-state index contributed by atoms with van der Waals surface area (Å²) in [5.41, 5.74) is 5.64. The summed E-state index contributed by atoms with van der Waals surface area (Å²) in [6, 6.07) is 0. The first-order valence-corrected chi connectivity index (χ1v) is 7.55. The molecule has 1 saturated carbocycles. The van der Waals surface area contributed by atoms with Crippen molar-refractivity contribution in [3.05, 3.63) is 0 Å². The molecule has 1 atom stereocenters. The number of amides is 1. The van der Waals surface area contributed by atoms with Crippen LogP contribution in [-0.4, -0.2) is 28.9 Å². The Morgan fingerprint density at radius 1 is 1.33 bits per heavy atom. The number of nitrogens with two attached hydrogens (primary N) is 1. The molecule has 1 aliphatic carbocycles. The Balaban J connectivity index is 2.57. The van der Waals surface area contributed by atoms with Crippen molar-refractivity contribution in [2.24, 2.45) is 17.6 Å². The smallest absolute Gasteiger partial charge is 0.225 e. The largest absolute Gasteiger partial charge is 0.393 e. The number of carbonyl (C=O) groups excluding carboxylic acids is 1. The van der Waals surface area contributed by atoms with E-state index in [2.05, 4.69) is 0 Å². The Bertz CT molecular complexity index is 286. The van der Waals surface area contributed by atoms with Crippen molar-refractivity contribution in [2.45, 2.75) is 52.4 Å². The van der Waals surface area contributed by atoms with Crippen LogP contribution in [0.3, 0.4) is 0 Å². The standard InChI is InChI=1S/C14H26N2OS/c1-3-16(10-11(2)13(15)18)14(17)12-8-6-4-5-7-9-12/h11-12H,3-10H2,1-2H3,(H2,15,18). The van der Waals surface area contributed by atoms with E-state index in [9.17, 15) is 4.79 Å². The molecule has 0 saturated heterocycles. The molecule has 0 aromatic heterocycles. The van der Waals surface area contributed by atoms with Gasteiger partial charge in [0.05, 0.1) is 4.99 Å². The summed E-state index contributed by atoms with van der Waals surface area (Å²) >= 11 is 4.99. The van der Waals surface area contributed by atoms with Gasteiger partial charge >= 0.3 is 0 Å². The molecule has 1 amide bonds. The van der Waals surface area contributed by atoms with E-state index in [1.807, 2.05) is 18.7 Å². The summed E-state index contributed by atoms with van der Waals surface area (Å²) in [5, 5.41) is 0. The van der Waals surface area contributed by atoms with Crippen LogP contribution in [0.5, 0.6) is 0 Å². The zero-order chi connectivity index (χ0) is 13.5. The maximum absolute atomic E-state index is 12.5. The van der Waals surface area contributed by atoms with Gasteiger partial charge in [-0.2, -0.15) is 0 Å². The number of hydrogen-bond acceptors (Lipinski definition) is 2. The second-order valence-electron chi connectivity index (χ2n) is 5.37. The van der Waals surface area contributed by atoms with Crippen LogP contribution >= 0.6 is 12.2 Å². The average molecular weight is 270 g/mol. The first-order valence-electron chi connectivity index (χ1n) is 7.14. The van der Waals surface area contributed by atoms with Crippen LogP contribution in [-0.2, 0) is 4.79 Å². The second-order valence-corrected chi connectivity index (χ2v) is 5.84. The topological polar surface area (TPSA) is 46.3 Å². The van der Waals surface area contributed by atoms with E-state index in [0.29, 0.717) is 17.4 Å². The molecule has 0 aliphatic heterocycles. The van der Waals surface area contributed by atoms with Gasteiger partial charge in [-0.25, -0.2) is 0 Å². The van der Waals surface area contributed by atoms with Crippen molar-refractivity contribution < 1.29 is 4.79 Å². The minimum atomic E-state index is 0.106. The predicted octanol–water partition coefficient (Wildman–Crippen LogP) is 2.73. The molecule has 2 N–H and O–H groups in total. The Labute approximate surface area is 116 Å². The molecule has 1 rings (SSSR count). The molecule has 1 aliphatic rings. The third kappa shape index (κ3) is 4.56. The van der Waals surface area contributed by atoms with Crippen LogP contribution in [0.1, 0.15) is 52.4 Å². The van der Waals surface area contributed by atoms with Gasteiger partial charge in [0.15, 0.2) is 0 Å². The fourth-order valence-electron chi connectivity index (χ4n) is 2.58. The third-order valence-corrected chi connectivity index (χ3v) is 4.28. The fraction of sp³-hybridized carbons (Fsp3) is 0.857. The SMILES string of the molecule is CCN(CC(C)C(N)=S)C(=O)C1CCCCCC1. The van der Waals surface area contributed by atoms with Gasteiger partial charge in [-0.3, -0.25) is 4.79 Å². The molecule has 104 valence electrons. The van der Waals surface area contributed by atoms with Gasteiger partial charge in [0, 0.05) is 24.9 Å². The monoisotopic (exact) mass is 270 g/mol. The first-order chi connectivity index (χ1) is 8.56. The molecular formula is C14H26N2OS. The molecule has 1 fully saturated rings. The lowest BCUT2D eigenvalue weighted by Crippen LogP contribution is -2.41. The van der Waals surface area contributed by atoms with Gasteiger partial charge in [0.25, 0.3) is 0 Å². The van der Waals surface area contributed by atoms with Gasteiger partial charge in [0.1, 0.15) is 0 Å². The van der Waals surface area contributed by atoms with E-state index in [1.165, 1.54) is 25.7 Å². The molecular weight excluding hydrogens is 244 g/mol. The van der Waals surface area contributed by atoms with E-state index in [4.69, 9.17) is 18.0 Å². The highest BCUT2D eigenvalue weighted by molar-refractivity contribution is 7.80. The van der Waals surface area contributed by atoms with Gasteiger partial charge in [-0.15, -0.1) is 0 Å². The normalized spacial score (nSPS) is 19.0. The van der Waals surface area contributed by atoms with E-state index in [1.54, 1.807) is 0 Å². The van der Waals surface area contributed by atoms with E-state index in [-0.39, 0.29) is 11.8 Å². The minimum Gasteiger partial charge on any atom is -0.393 e. The highest BCUT2D eigenvalue weighted by atomic mass is 32.1. The number of thiocarbonyl (C=S) groups is 1. The molecule has 1 unspecified atom stereocenters. The number of carbonyl (C=O) groups is 1. The molecule has 0 bridgehead atoms. The fourth-order valence-corrected chi connectivity index (χ4v) is 2.65. The molecule has 0 aromatic rings. The quantitative estimate of drug-likeness (QED) is 0.617. The average Bonchev–Trinajstić information content (AvgIpc) is 2.63. The predicted molar refractivity (Wildman–Crippen MR) is 79.4 cm³/mol. The van der Waals surface area contributed by atoms with Crippen molar-refractivity contribution >= 4 is 23.1 Å². The highest BCUT2D eigenvalue weighted by Crippen LogP contribution is 2.24. The summed E-state index contributed by atoms with van der Waals surface area (Å²) in [4.78, 5) is 14.9. The Kier molecular flexibility index (Phi) is 6.61. The Morgan fingerprint density at radius 2 is 1.89 bits per heavy atom. The van der Waals surface area contributed by atoms with Gasteiger partial charge in [0.2, 0.25) is 5.91 Å². The molecule has 0 heterocycles. The van der Waals surface area contributed by atoms with Crippen molar-refractivity contribution in [1.82, 2.24) is 4.90 Å². The molecule has 3 nitrogen and oxygen atoms in total. The minimum absolute atomic E-state index is 0.106. The lowest BCUT2D eigenvalue weighted by Gasteiger charge is -2.28. The van der Waals surface area contributed by atoms with Crippen LogP contribution in [0.2, 0.25) is 0 Å². The van der Waals surface area contributed by atoms with Crippen molar-refractivity contribution in [3.8, 4) is 0 Å². The summed E-state index contributed by atoms with van der Waals surface area (Å²) in [6.45, 7) is 5.44. The Morgan fingerprint density at radius 3 is 2.33 bits per heavy atom. The molecule has 18 heavy (non-hydrogen) atoms. The van der Waals surface area contributed by atoms with Crippen molar-refractivity contribution in [3.63, 3.8) is 0 Å².